The van der Waals surface area contributed by atoms with Crippen molar-refractivity contribution in [3.63, 3.8) is 0 Å². The summed E-state index contributed by atoms with van der Waals surface area (Å²) in [6, 6.07) is 10.6. The molecule has 2 aromatic rings. The number of ether oxygens (including phenoxy) is 1. The number of rotatable bonds is 7. The van der Waals surface area contributed by atoms with E-state index in [9.17, 15) is 18.4 Å². The Morgan fingerprint density at radius 2 is 1.81 bits per heavy atom. The SMILES string of the molecule is COc1ccc(CCC(=O)N2CCCN(CC(=O)Nc3cc(F)ccc3F)CC2)cc1. The van der Waals surface area contributed by atoms with E-state index < -0.39 is 17.5 Å². The Morgan fingerprint density at radius 1 is 1.03 bits per heavy atom. The Morgan fingerprint density at radius 3 is 2.55 bits per heavy atom. The van der Waals surface area contributed by atoms with Crippen LogP contribution in [0.1, 0.15) is 18.4 Å². The van der Waals surface area contributed by atoms with Gasteiger partial charge in [0.1, 0.15) is 17.4 Å². The maximum absolute atomic E-state index is 13.7. The highest BCUT2D eigenvalue weighted by Gasteiger charge is 2.21. The maximum Gasteiger partial charge on any atom is 0.238 e. The molecular weight excluding hydrogens is 404 g/mol. The molecule has 1 heterocycles. The first kappa shape index (κ1) is 22.7. The first-order valence-electron chi connectivity index (χ1n) is 10.3. The van der Waals surface area contributed by atoms with Gasteiger partial charge in [0.15, 0.2) is 0 Å². The quantitative estimate of drug-likeness (QED) is 0.732. The Kier molecular flexibility index (Phi) is 7.94. The minimum absolute atomic E-state index is 0.0594. The summed E-state index contributed by atoms with van der Waals surface area (Å²) in [5.74, 6) is -0.839. The molecule has 1 saturated heterocycles. The molecule has 0 bridgehead atoms. The lowest BCUT2D eigenvalue weighted by Gasteiger charge is -2.22. The maximum atomic E-state index is 13.7. The standard InChI is InChI=1S/C23H27F2N3O3/c1-31-19-7-3-17(4-8-19)5-10-23(30)28-12-2-11-27(13-14-28)16-22(29)26-21-15-18(24)6-9-20(21)25/h3-4,6-9,15H,2,5,10-14,16H2,1H3,(H,26,29). The smallest absolute Gasteiger partial charge is 0.238 e. The van der Waals surface area contributed by atoms with Gasteiger partial charge in [0.25, 0.3) is 0 Å². The van der Waals surface area contributed by atoms with Crippen molar-refractivity contribution in [2.75, 3.05) is 45.2 Å². The van der Waals surface area contributed by atoms with E-state index in [-0.39, 0.29) is 18.1 Å². The molecule has 0 radical (unpaired) electrons. The van der Waals surface area contributed by atoms with Crippen molar-refractivity contribution in [2.45, 2.75) is 19.3 Å². The van der Waals surface area contributed by atoms with Crippen LogP contribution in [0, 0.1) is 11.6 Å². The van der Waals surface area contributed by atoms with Gasteiger partial charge in [-0.25, -0.2) is 8.78 Å². The van der Waals surface area contributed by atoms with Gasteiger partial charge in [0.2, 0.25) is 11.8 Å². The van der Waals surface area contributed by atoms with Crippen LogP contribution in [0.25, 0.3) is 0 Å². The number of hydrogen-bond donors (Lipinski definition) is 1. The molecule has 6 nitrogen and oxygen atoms in total. The summed E-state index contributed by atoms with van der Waals surface area (Å²) in [6.45, 7) is 2.43. The zero-order valence-electron chi connectivity index (χ0n) is 17.6. The van der Waals surface area contributed by atoms with Crippen LogP contribution >= 0.6 is 0 Å². The van der Waals surface area contributed by atoms with Gasteiger partial charge in [-0.2, -0.15) is 0 Å². The first-order chi connectivity index (χ1) is 14.9. The van der Waals surface area contributed by atoms with Crippen LogP contribution < -0.4 is 10.1 Å². The molecule has 0 unspecified atom stereocenters. The lowest BCUT2D eigenvalue weighted by Crippen LogP contribution is -2.38. The fourth-order valence-electron chi connectivity index (χ4n) is 3.57. The second kappa shape index (κ2) is 10.9. The van der Waals surface area contributed by atoms with Gasteiger partial charge >= 0.3 is 0 Å². The number of hydrogen-bond acceptors (Lipinski definition) is 4. The summed E-state index contributed by atoms with van der Waals surface area (Å²) in [5, 5.41) is 2.41. The molecule has 1 N–H and O–H groups in total. The van der Waals surface area contributed by atoms with Crippen molar-refractivity contribution in [3.05, 3.63) is 59.7 Å². The second-order valence-corrected chi connectivity index (χ2v) is 7.53. The number of anilines is 1. The Balaban J connectivity index is 1.45. The summed E-state index contributed by atoms with van der Waals surface area (Å²) in [4.78, 5) is 28.6. The monoisotopic (exact) mass is 431 g/mol. The number of halogens is 2. The average Bonchev–Trinajstić information content (AvgIpc) is 3.00. The first-order valence-corrected chi connectivity index (χ1v) is 10.3. The molecule has 166 valence electrons. The minimum atomic E-state index is -0.681. The largest absolute Gasteiger partial charge is 0.497 e. The van der Waals surface area contributed by atoms with Crippen LogP contribution in [0.15, 0.2) is 42.5 Å². The Labute approximate surface area is 180 Å². The van der Waals surface area contributed by atoms with E-state index in [0.29, 0.717) is 39.0 Å². The van der Waals surface area contributed by atoms with E-state index in [0.717, 1.165) is 35.9 Å². The van der Waals surface area contributed by atoms with Gasteiger partial charge in [0, 0.05) is 38.7 Å². The van der Waals surface area contributed by atoms with Gasteiger partial charge in [-0.05, 0) is 42.7 Å². The summed E-state index contributed by atoms with van der Waals surface area (Å²) in [7, 11) is 1.62. The lowest BCUT2D eigenvalue weighted by atomic mass is 10.1. The van der Waals surface area contributed by atoms with Crippen LogP contribution in [0.3, 0.4) is 0 Å². The van der Waals surface area contributed by atoms with E-state index in [1.54, 1.807) is 7.11 Å². The van der Waals surface area contributed by atoms with Gasteiger partial charge in [-0.1, -0.05) is 12.1 Å². The molecule has 3 rings (SSSR count). The number of benzene rings is 2. The molecule has 0 aromatic heterocycles. The Bertz CT molecular complexity index is 905. The molecule has 0 aliphatic carbocycles. The third-order valence-electron chi connectivity index (χ3n) is 5.30. The van der Waals surface area contributed by atoms with Crippen molar-refractivity contribution < 1.29 is 23.1 Å². The van der Waals surface area contributed by atoms with Gasteiger partial charge in [0.05, 0.1) is 19.3 Å². The highest BCUT2D eigenvalue weighted by atomic mass is 19.1. The zero-order chi connectivity index (χ0) is 22.2. The van der Waals surface area contributed by atoms with E-state index in [1.165, 1.54) is 0 Å². The molecule has 31 heavy (non-hydrogen) atoms. The van der Waals surface area contributed by atoms with Crippen LogP contribution in [-0.4, -0.2) is 61.4 Å². The fourth-order valence-corrected chi connectivity index (χ4v) is 3.57. The second-order valence-electron chi connectivity index (χ2n) is 7.53. The van der Waals surface area contributed by atoms with Crippen LogP contribution in [-0.2, 0) is 16.0 Å². The molecule has 0 saturated carbocycles. The van der Waals surface area contributed by atoms with E-state index >= 15 is 0 Å². The summed E-state index contributed by atoms with van der Waals surface area (Å²) < 4.78 is 32.1. The summed E-state index contributed by atoms with van der Waals surface area (Å²) in [6.07, 6.45) is 1.83. The van der Waals surface area contributed by atoms with E-state index in [4.69, 9.17) is 4.74 Å². The molecule has 1 aliphatic heterocycles. The van der Waals surface area contributed by atoms with E-state index in [2.05, 4.69) is 5.32 Å². The summed E-state index contributed by atoms with van der Waals surface area (Å²) in [5.41, 5.74) is 0.905. The van der Waals surface area contributed by atoms with Crippen LogP contribution in [0.5, 0.6) is 5.75 Å². The molecule has 1 fully saturated rings. The topological polar surface area (TPSA) is 61.9 Å². The fraction of sp³-hybridized carbons (Fsp3) is 0.391. The number of nitrogens with one attached hydrogen (secondary N) is 1. The minimum Gasteiger partial charge on any atom is -0.497 e. The molecule has 0 spiro atoms. The van der Waals surface area contributed by atoms with Gasteiger partial charge in [-0.3, -0.25) is 14.5 Å². The van der Waals surface area contributed by atoms with Gasteiger partial charge < -0.3 is 15.0 Å². The third-order valence-corrected chi connectivity index (χ3v) is 5.30. The zero-order valence-corrected chi connectivity index (χ0v) is 17.6. The molecule has 2 amide bonds. The predicted molar refractivity (Wildman–Crippen MR) is 114 cm³/mol. The number of carbonyl (C=O) groups is 2. The highest BCUT2D eigenvalue weighted by Crippen LogP contribution is 2.16. The lowest BCUT2D eigenvalue weighted by molar-refractivity contribution is -0.131. The predicted octanol–water partition coefficient (Wildman–Crippen LogP) is 3.08. The normalized spacial score (nSPS) is 14.7. The van der Waals surface area contributed by atoms with Crippen LogP contribution in [0.4, 0.5) is 14.5 Å². The van der Waals surface area contributed by atoms with Gasteiger partial charge in [-0.15, -0.1) is 0 Å². The number of nitrogens with zero attached hydrogens (tertiary/aromatic N) is 2. The molecular formula is C23H27F2N3O3. The van der Waals surface area contributed by atoms with Crippen LogP contribution in [0.2, 0.25) is 0 Å². The third kappa shape index (κ3) is 6.75. The average molecular weight is 431 g/mol. The number of methoxy groups -OCH3 is 1. The van der Waals surface area contributed by atoms with Crippen molar-refractivity contribution in [3.8, 4) is 5.75 Å². The Hall–Kier alpha value is -3.00. The van der Waals surface area contributed by atoms with Crippen molar-refractivity contribution in [1.82, 2.24) is 9.80 Å². The number of amides is 2. The molecule has 2 aromatic carbocycles. The number of carbonyl (C=O) groups excluding carboxylic acids is 2. The van der Waals surface area contributed by atoms with Crippen molar-refractivity contribution in [1.29, 1.82) is 0 Å². The van der Waals surface area contributed by atoms with Crippen molar-refractivity contribution >= 4 is 17.5 Å². The summed E-state index contributed by atoms with van der Waals surface area (Å²) >= 11 is 0. The molecule has 8 heteroatoms. The molecule has 0 atom stereocenters. The van der Waals surface area contributed by atoms with Crippen molar-refractivity contribution in [2.24, 2.45) is 0 Å². The van der Waals surface area contributed by atoms with E-state index in [1.807, 2.05) is 34.1 Å². The highest BCUT2D eigenvalue weighted by molar-refractivity contribution is 5.92. The molecule has 1 aliphatic rings. The number of aryl methyl sites for hydroxylation is 1.